The molecule has 4 rings (SSSR count). The summed E-state index contributed by atoms with van der Waals surface area (Å²) in [7, 11) is -2.09. The number of likely N-dealkylation sites (tertiary alicyclic amines) is 1. The van der Waals surface area contributed by atoms with Crippen LogP contribution in [0.5, 0.6) is 5.75 Å². The Morgan fingerprint density at radius 1 is 0.941 bits per heavy atom. The molecule has 34 heavy (non-hydrogen) atoms. The molecule has 3 aromatic carbocycles. The summed E-state index contributed by atoms with van der Waals surface area (Å²) in [5.74, 6) is 0.558. The average molecular weight is 480 g/mol. The summed E-state index contributed by atoms with van der Waals surface area (Å²) in [6, 6.07) is 22.6. The van der Waals surface area contributed by atoms with E-state index in [-0.39, 0.29) is 16.8 Å². The van der Waals surface area contributed by atoms with Crippen LogP contribution in [0.4, 0.5) is 5.69 Å². The van der Waals surface area contributed by atoms with E-state index in [1.54, 1.807) is 31.4 Å². The lowest BCUT2D eigenvalue weighted by atomic mass is 10.0. The Morgan fingerprint density at radius 3 is 2.21 bits per heavy atom. The minimum Gasteiger partial charge on any atom is -0.497 e. The maximum absolute atomic E-state index is 12.8. The molecule has 1 aliphatic heterocycles. The van der Waals surface area contributed by atoms with Gasteiger partial charge in [0.1, 0.15) is 5.75 Å². The van der Waals surface area contributed by atoms with E-state index in [9.17, 15) is 13.2 Å². The summed E-state index contributed by atoms with van der Waals surface area (Å²) < 4.78 is 33.0. The maximum atomic E-state index is 12.8. The van der Waals surface area contributed by atoms with Crippen molar-refractivity contribution in [2.24, 2.45) is 0 Å². The lowest BCUT2D eigenvalue weighted by Gasteiger charge is -2.28. The first-order valence-corrected chi connectivity index (χ1v) is 12.8. The fourth-order valence-corrected chi connectivity index (χ4v) is 5.19. The third-order valence-electron chi connectivity index (χ3n) is 5.99. The quantitative estimate of drug-likeness (QED) is 0.483. The Kier molecular flexibility index (Phi) is 7.49. The highest BCUT2D eigenvalue weighted by molar-refractivity contribution is 7.92. The van der Waals surface area contributed by atoms with Gasteiger partial charge in [0, 0.05) is 17.8 Å². The second-order valence-electron chi connectivity index (χ2n) is 8.24. The predicted octanol–water partition coefficient (Wildman–Crippen LogP) is 4.06. The van der Waals surface area contributed by atoms with Crippen molar-refractivity contribution in [3.8, 4) is 5.75 Å². The fraction of sp³-hybridized carbons (Fsp3) is 0.269. The normalized spacial score (nSPS) is 15.0. The molecule has 1 amide bonds. The Hall–Kier alpha value is -3.36. The second kappa shape index (κ2) is 10.7. The molecule has 0 spiro atoms. The molecule has 178 valence electrons. The highest BCUT2D eigenvalue weighted by Crippen LogP contribution is 2.26. The number of methoxy groups -OCH3 is 1. The van der Waals surface area contributed by atoms with Crippen LogP contribution in [0.15, 0.2) is 83.8 Å². The number of hydrogen-bond donors (Lipinski definition) is 2. The van der Waals surface area contributed by atoms with Gasteiger partial charge in [-0.25, -0.2) is 8.42 Å². The van der Waals surface area contributed by atoms with Crippen molar-refractivity contribution in [3.63, 3.8) is 0 Å². The van der Waals surface area contributed by atoms with Crippen LogP contribution in [-0.2, 0) is 10.0 Å². The van der Waals surface area contributed by atoms with E-state index in [0.29, 0.717) is 17.8 Å². The summed E-state index contributed by atoms with van der Waals surface area (Å²) in [6.07, 6.45) is 2.29. The van der Waals surface area contributed by atoms with Crippen molar-refractivity contribution < 1.29 is 17.9 Å². The van der Waals surface area contributed by atoms with Crippen LogP contribution in [0, 0.1) is 0 Å². The SMILES string of the molecule is COc1ccc(C(CNC(=O)c2ccc(S(=O)(=O)Nc3ccccc3)cc2)N2CCCC2)cc1. The molecule has 8 heteroatoms. The van der Waals surface area contributed by atoms with Gasteiger partial charge >= 0.3 is 0 Å². The summed E-state index contributed by atoms with van der Waals surface area (Å²) in [6.45, 7) is 2.45. The molecular formula is C26H29N3O4S. The smallest absolute Gasteiger partial charge is 0.261 e. The molecule has 7 nitrogen and oxygen atoms in total. The first-order chi connectivity index (χ1) is 16.5. The summed E-state index contributed by atoms with van der Waals surface area (Å²) >= 11 is 0. The number of nitrogens with one attached hydrogen (secondary N) is 2. The van der Waals surface area contributed by atoms with Gasteiger partial charge < -0.3 is 10.1 Å². The van der Waals surface area contributed by atoms with Crippen LogP contribution in [0.2, 0.25) is 0 Å². The zero-order chi connectivity index (χ0) is 24.0. The van der Waals surface area contributed by atoms with Crippen LogP contribution in [0.3, 0.4) is 0 Å². The number of rotatable bonds is 9. The van der Waals surface area contributed by atoms with Crippen molar-refractivity contribution in [2.75, 3.05) is 31.5 Å². The van der Waals surface area contributed by atoms with Crippen molar-refractivity contribution in [3.05, 3.63) is 90.0 Å². The van der Waals surface area contributed by atoms with Crippen molar-refractivity contribution >= 4 is 21.6 Å². The minimum absolute atomic E-state index is 0.0621. The molecular weight excluding hydrogens is 450 g/mol. The summed E-state index contributed by atoms with van der Waals surface area (Å²) in [4.78, 5) is 15.3. The first-order valence-electron chi connectivity index (χ1n) is 11.3. The van der Waals surface area contributed by atoms with E-state index in [4.69, 9.17) is 4.74 Å². The molecule has 0 bridgehead atoms. The number of sulfonamides is 1. The van der Waals surface area contributed by atoms with E-state index in [2.05, 4.69) is 14.9 Å². The Labute approximate surface area is 200 Å². The molecule has 1 aliphatic rings. The zero-order valence-electron chi connectivity index (χ0n) is 19.1. The predicted molar refractivity (Wildman–Crippen MR) is 133 cm³/mol. The molecule has 0 aromatic heterocycles. The number of hydrogen-bond acceptors (Lipinski definition) is 5. The van der Waals surface area contributed by atoms with Crippen molar-refractivity contribution in [1.82, 2.24) is 10.2 Å². The monoisotopic (exact) mass is 479 g/mol. The largest absolute Gasteiger partial charge is 0.497 e. The van der Waals surface area contributed by atoms with Gasteiger partial charge in [-0.05, 0) is 80.0 Å². The van der Waals surface area contributed by atoms with Gasteiger partial charge in [-0.3, -0.25) is 14.4 Å². The number of carbonyl (C=O) groups is 1. The molecule has 3 aromatic rings. The highest BCUT2D eigenvalue weighted by atomic mass is 32.2. The molecule has 1 heterocycles. The second-order valence-corrected chi connectivity index (χ2v) is 9.92. The van der Waals surface area contributed by atoms with E-state index >= 15 is 0 Å². The summed E-state index contributed by atoms with van der Waals surface area (Å²) in [5.41, 5.74) is 2.01. The standard InChI is InChI=1S/C26H29N3O4S/c1-33-23-13-9-20(10-14-23)25(29-17-5-6-18-29)19-27-26(30)21-11-15-24(16-12-21)34(31,32)28-22-7-3-2-4-8-22/h2-4,7-16,25,28H,5-6,17-19H2,1H3,(H,27,30). The Bertz CT molecular complexity index is 1190. The molecule has 1 saturated heterocycles. The van der Waals surface area contributed by atoms with Gasteiger partial charge in [-0.2, -0.15) is 0 Å². The van der Waals surface area contributed by atoms with E-state index in [1.807, 2.05) is 30.3 Å². The number of ether oxygens (including phenoxy) is 1. The first kappa shape index (κ1) is 23.8. The van der Waals surface area contributed by atoms with Gasteiger partial charge in [0.25, 0.3) is 15.9 Å². The van der Waals surface area contributed by atoms with Gasteiger partial charge in [0.05, 0.1) is 18.0 Å². The van der Waals surface area contributed by atoms with Gasteiger partial charge in [0.2, 0.25) is 0 Å². The van der Waals surface area contributed by atoms with Crippen LogP contribution in [0.1, 0.15) is 34.8 Å². The van der Waals surface area contributed by atoms with Gasteiger partial charge in [-0.1, -0.05) is 30.3 Å². The number of anilines is 1. The lowest BCUT2D eigenvalue weighted by molar-refractivity contribution is 0.0937. The van der Waals surface area contributed by atoms with E-state index < -0.39 is 10.0 Å². The number of nitrogens with zero attached hydrogens (tertiary/aromatic N) is 1. The van der Waals surface area contributed by atoms with Crippen molar-refractivity contribution in [2.45, 2.75) is 23.8 Å². The van der Waals surface area contributed by atoms with E-state index in [0.717, 1.165) is 37.2 Å². The molecule has 1 atom stereocenters. The number of benzene rings is 3. The Balaban J connectivity index is 1.42. The maximum Gasteiger partial charge on any atom is 0.261 e. The summed E-state index contributed by atoms with van der Waals surface area (Å²) in [5, 5.41) is 3.02. The van der Waals surface area contributed by atoms with Crippen LogP contribution >= 0.6 is 0 Å². The molecule has 1 unspecified atom stereocenters. The third kappa shape index (κ3) is 5.76. The topological polar surface area (TPSA) is 87.7 Å². The van der Waals surface area contributed by atoms with E-state index in [1.165, 1.54) is 24.3 Å². The number of carbonyl (C=O) groups excluding carboxylic acids is 1. The zero-order valence-corrected chi connectivity index (χ0v) is 19.9. The van der Waals surface area contributed by atoms with Gasteiger partial charge in [0.15, 0.2) is 0 Å². The Morgan fingerprint density at radius 2 is 1.59 bits per heavy atom. The molecule has 0 radical (unpaired) electrons. The highest BCUT2D eigenvalue weighted by Gasteiger charge is 2.24. The number of para-hydroxylation sites is 1. The molecule has 2 N–H and O–H groups in total. The van der Waals surface area contributed by atoms with Crippen molar-refractivity contribution in [1.29, 1.82) is 0 Å². The fourth-order valence-electron chi connectivity index (χ4n) is 4.13. The van der Waals surface area contributed by atoms with Crippen LogP contribution in [0.25, 0.3) is 0 Å². The lowest BCUT2D eigenvalue weighted by Crippen LogP contribution is -2.36. The van der Waals surface area contributed by atoms with Crippen LogP contribution in [-0.4, -0.2) is 46.0 Å². The third-order valence-corrected chi connectivity index (χ3v) is 7.39. The molecule has 1 fully saturated rings. The number of amides is 1. The molecule has 0 aliphatic carbocycles. The average Bonchev–Trinajstić information content (AvgIpc) is 3.39. The minimum atomic E-state index is -3.73. The molecule has 0 saturated carbocycles. The van der Waals surface area contributed by atoms with Crippen LogP contribution < -0.4 is 14.8 Å². The van der Waals surface area contributed by atoms with Gasteiger partial charge in [-0.15, -0.1) is 0 Å².